The van der Waals surface area contributed by atoms with Gasteiger partial charge in [-0.15, -0.1) is 0 Å². The Morgan fingerprint density at radius 3 is 2.73 bits per heavy atom. The zero-order valence-corrected chi connectivity index (χ0v) is 9.19. The molecule has 2 fully saturated rings. The number of rotatable bonds is 2. The van der Waals surface area contributed by atoms with E-state index in [9.17, 15) is 9.59 Å². The molecular weight excluding hydrogens is 192 g/mol. The first-order valence-corrected chi connectivity index (χ1v) is 5.66. The van der Waals surface area contributed by atoms with Crippen LogP contribution in [-0.4, -0.2) is 54.7 Å². The van der Waals surface area contributed by atoms with E-state index in [0.717, 1.165) is 45.2 Å². The Hall–Kier alpha value is -0.900. The van der Waals surface area contributed by atoms with Crippen LogP contribution in [0.3, 0.4) is 0 Å². The van der Waals surface area contributed by atoms with Crippen molar-refractivity contribution in [2.45, 2.75) is 25.3 Å². The summed E-state index contributed by atoms with van der Waals surface area (Å²) in [6.45, 7) is 2.59. The number of hydrogen-bond acceptors (Lipinski definition) is 3. The molecule has 4 heteroatoms. The monoisotopic (exact) mass is 210 g/mol. The zero-order valence-electron chi connectivity index (χ0n) is 9.19. The summed E-state index contributed by atoms with van der Waals surface area (Å²) in [5, 5.41) is 0. The highest BCUT2D eigenvalue weighted by atomic mass is 16.2. The lowest BCUT2D eigenvalue weighted by molar-refractivity contribution is -0.132. The van der Waals surface area contributed by atoms with Crippen LogP contribution in [0.5, 0.6) is 0 Å². The summed E-state index contributed by atoms with van der Waals surface area (Å²) in [7, 11) is 1.85. The number of likely N-dealkylation sites (tertiary alicyclic amines) is 2. The molecule has 15 heavy (non-hydrogen) atoms. The normalized spacial score (nSPS) is 33.4. The van der Waals surface area contributed by atoms with Crippen molar-refractivity contribution in [2.75, 3.05) is 26.7 Å². The first-order valence-electron chi connectivity index (χ1n) is 5.66. The predicted octanol–water partition coefficient (Wildman–Crippen LogP) is 0.128. The van der Waals surface area contributed by atoms with E-state index in [2.05, 4.69) is 4.90 Å². The molecule has 0 radical (unpaired) electrons. The van der Waals surface area contributed by atoms with Gasteiger partial charge in [-0.2, -0.15) is 0 Å². The van der Waals surface area contributed by atoms with Crippen LogP contribution in [0.4, 0.5) is 0 Å². The van der Waals surface area contributed by atoms with E-state index in [4.69, 9.17) is 0 Å². The van der Waals surface area contributed by atoms with Gasteiger partial charge in [0.1, 0.15) is 6.29 Å². The van der Waals surface area contributed by atoms with E-state index < -0.39 is 0 Å². The lowest BCUT2D eigenvalue weighted by Gasteiger charge is -2.33. The van der Waals surface area contributed by atoms with Crippen LogP contribution in [0.25, 0.3) is 0 Å². The highest BCUT2D eigenvalue weighted by Crippen LogP contribution is 2.22. The van der Waals surface area contributed by atoms with Crippen molar-refractivity contribution in [1.29, 1.82) is 0 Å². The molecule has 0 aromatic carbocycles. The molecule has 4 nitrogen and oxygen atoms in total. The first kappa shape index (κ1) is 10.6. The van der Waals surface area contributed by atoms with E-state index in [0.29, 0.717) is 0 Å². The number of piperidine rings is 1. The number of hydrogen-bond donors (Lipinski definition) is 0. The van der Waals surface area contributed by atoms with E-state index in [1.807, 2.05) is 7.05 Å². The predicted molar refractivity (Wildman–Crippen MR) is 56.4 cm³/mol. The molecule has 0 aromatic rings. The van der Waals surface area contributed by atoms with Crippen LogP contribution < -0.4 is 0 Å². The molecule has 0 N–H and O–H groups in total. The van der Waals surface area contributed by atoms with Gasteiger partial charge >= 0.3 is 0 Å². The molecule has 84 valence electrons. The summed E-state index contributed by atoms with van der Waals surface area (Å²) < 4.78 is 0. The Kier molecular flexibility index (Phi) is 3.05. The zero-order chi connectivity index (χ0) is 10.8. The van der Waals surface area contributed by atoms with Crippen molar-refractivity contribution in [1.82, 2.24) is 9.80 Å². The molecule has 2 aliphatic rings. The quantitative estimate of drug-likeness (QED) is 0.608. The molecule has 0 aliphatic carbocycles. The lowest BCUT2D eigenvalue weighted by Crippen LogP contribution is -2.46. The second-order valence-corrected chi connectivity index (χ2v) is 4.60. The minimum absolute atomic E-state index is 0.0396. The van der Waals surface area contributed by atoms with Crippen molar-refractivity contribution in [3.8, 4) is 0 Å². The van der Waals surface area contributed by atoms with Gasteiger partial charge in [0.05, 0.1) is 6.04 Å². The third-order valence-electron chi connectivity index (χ3n) is 3.52. The highest BCUT2D eigenvalue weighted by Gasteiger charge is 2.35. The maximum atomic E-state index is 11.8. The van der Waals surface area contributed by atoms with Gasteiger partial charge in [0, 0.05) is 26.1 Å². The Morgan fingerprint density at radius 1 is 1.33 bits per heavy atom. The minimum Gasteiger partial charge on any atom is -0.344 e. The van der Waals surface area contributed by atoms with Gasteiger partial charge in [-0.25, -0.2) is 0 Å². The number of carbonyl (C=O) groups is 2. The molecule has 2 heterocycles. The number of carbonyl (C=O) groups excluding carboxylic acids is 2. The second-order valence-electron chi connectivity index (χ2n) is 4.60. The van der Waals surface area contributed by atoms with Gasteiger partial charge in [-0.1, -0.05) is 0 Å². The van der Waals surface area contributed by atoms with Gasteiger partial charge in [0.15, 0.2) is 0 Å². The molecular formula is C11H18N2O2. The van der Waals surface area contributed by atoms with Crippen molar-refractivity contribution >= 4 is 12.2 Å². The fourth-order valence-electron chi connectivity index (χ4n) is 2.58. The molecule has 2 rings (SSSR count). The Labute approximate surface area is 90.2 Å². The van der Waals surface area contributed by atoms with Crippen molar-refractivity contribution < 1.29 is 9.59 Å². The van der Waals surface area contributed by atoms with Crippen LogP contribution in [0.2, 0.25) is 0 Å². The Morgan fingerprint density at radius 2 is 2.13 bits per heavy atom. The van der Waals surface area contributed by atoms with Crippen LogP contribution in [0.1, 0.15) is 19.3 Å². The molecule has 2 unspecified atom stereocenters. The fraction of sp³-hybridized carbons (Fsp3) is 0.818. The highest BCUT2D eigenvalue weighted by molar-refractivity contribution is 5.83. The summed E-state index contributed by atoms with van der Waals surface area (Å²) >= 11 is 0. The van der Waals surface area contributed by atoms with Crippen molar-refractivity contribution in [3.63, 3.8) is 0 Å². The summed E-state index contributed by atoms with van der Waals surface area (Å²) in [6, 6.07) is 0.0396. The number of nitrogens with zero attached hydrogens (tertiary/aromatic N) is 2. The Bertz CT molecular complexity index is 267. The maximum absolute atomic E-state index is 11.8. The van der Waals surface area contributed by atoms with E-state index in [-0.39, 0.29) is 17.9 Å². The molecule has 2 saturated heterocycles. The molecule has 0 bridgehead atoms. The summed E-state index contributed by atoms with van der Waals surface area (Å²) in [4.78, 5) is 26.5. The number of likely N-dealkylation sites (N-methyl/N-ethyl adjacent to an activating group) is 1. The molecule has 0 spiro atoms. The van der Waals surface area contributed by atoms with Crippen LogP contribution in [-0.2, 0) is 9.59 Å². The van der Waals surface area contributed by atoms with Gasteiger partial charge in [0.2, 0.25) is 5.91 Å². The molecule has 2 aliphatic heterocycles. The summed E-state index contributed by atoms with van der Waals surface area (Å²) in [5.74, 6) is 0.360. The summed E-state index contributed by atoms with van der Waals surface area (Å²) in [5.41, 5.74) is 0. The molecule has 1 amide bonds. The SMILES string of the molecule is CN1CCC(N2CCCC(C=O)C2)C1=O. The molecule has 0 saturated carbocycles. The number of amides is 1. The largest absolute Gasteiger partial charge is 0.344 e. The average molecular weight is 210 g/mol. The standard InChI is InChI=1S/C11H18N2O2/c1-12-6-4-10(11(12)15)13-5-2-3-9(7-13)8-14/h8-10H,2-7H2,1H3. The van der Waals surface area contributed by atoms with Crippen LogP contribution in [0, 0.1) is 5.92 Å². The van der Waals surface area contributed by atoms with Gasteiger partial charge in [0.25, 0.3) is 0 Å². The fourth-order valence-corrected chi connectivity index (χ4v) is 2.58. The average Bonchev–Trinajstić information content (AvgIpc) is 2.60. The smallest absolute Gasteiger partial charge is 0.239 e. The first-order chi connectivity index (χ1) is 7.22. The third-order valence-corrected chi connectivity index (χ3v) is 3.52. The van der Waals surface area contributed by atoms with Gasteiger partial charge < -0.3 is 9.69 Å². The van der Waals surface area contributed by atoms with Crippen LogP contribution >= 0.6 is 0 Å². The van der Waals surface area contributed by atoms with E-state index in [1.54, 1.807) is 4.90 Å². The second kappa shape index (κ2) is 4.31. The lowest BCUT2D eigenvalue weighted by atomic mass is 9.98. The van der Waals surface area contributed by atoms with Gasteiger partial charge in [-0.3, -0.25) is 9.69 Å². The van der Waals surface area contributed by atoms with Gasteiger partial charge in [-0.05, 0) is 25.8 Å². The maximum Gasteiger partial charge on any atom is 0.239 e. The summed E-state index contributed by atoms with van der Waals surface area (Å²) in [6.07, 6.45) is 3.98. The topological polar surface area (TPSA) is 40.6 Å². The molecule has 2 atom stereocenters. The Balaban J connectivity index is 1.98. The van der Waals surface area contributed by atoms with E-state index in [1.165, 1.54) is 0 Å². The van der Waals surface area contributed by atoms with Crippen LogP contribution in [0.15, 0.2) is 0 Å². The van der Waals surface area contributed by atoms with Crippen molar-refractivity contribution in [2.24, 2.45) is 5.92 Å². The third kappa shape index (κ3) is 2.04. The van der Waals surface area contributed by atoms with E-state index >= 15 is 0 Å². The molecule has 0 aromatic heterocycles. The minimum atomic E-state index is 0.0396. The van der Waals surface area contributed by atoms with Crippen molar-refractivity contribution in [3.05, 3.63) is 0 Å². The number of aldehydes is 1.